The highest BCUT2D eigenvalue weighted by Gasteiger charge is 2.32. The summed E-state index contributed by atoms with van der Waals surface area (Å²) in [6.07, 6.45) is 5.66. The average Bonchev–Trinajstić information content (AvgIpc) is 2.93. The SMILES string of the molecule is CN=C(/C=C/c1cn2c(n1)-c1ccccc1OC2(C)C)OC. The van der Waals surface area contributed by atoms with Crippen LogP contribution in [-0.2, 0) is 10.5 Å². The zero-order chi connectivity index (χ0) is 15.7. The molecule has 0 saturated carbocycles. The molecule has 1 aromatic heterocycles. The Bertz CT molecular complexity index is 757. The number of benzene rings is 1. The Kier molecular flexibility index (Phi) is 3.48. The standard InChI is InChI=1S/C17H19N3O2/c1-17(2)20-11-12(9-10-15(18-3)21-4)19-16(20)13-7-5-6-8-14(13)22-17/h5-11H,1-4H3/b10-9+,18-15?. The Labute approximate surface area is 129 Å². The molecule has 1 aliphatic rings. The van der Waals surface area contributed by atoms with Crippen molar-refractivity contribution in [2.45, 2.75) is 19.6 Å². The highest BCUT2D eigenvalue weighted by Crippen LogP contribution is 2.39. The van der Waals surface area contributed by atoms with Crippen molar-refractivity contribution in [3.05, 3.63) is 42.2 Å². The maximum absolute atomic E-state index is 6.08. The molecule has 1 aromatic carbocycles. The van der Waals surface area contributed by atoms with Crippen LogP contribution in [0.15, 0.2) is 41.5 Å². The summed E-state index contributed by atoms with van der Waals surface area (Å²) >= 11 is 0. The van der Waals surface area contributed by atoms with E-state index < -0.39 is 5.72 Å². The van der Waals surface area contributed by atoms with E-state index in [1.807, 2.05) is 55.0 Å². The molecule has 0 N–H and O–H groups in total. The van der Waals surface area contributed by atoms with Gasteiger partial charge in [0.25, 0.3) is 0 Å². The minimum atomic E-state index is -0.480. The summed E-state index contributed by atoms with van der Waals surface area (Å²) in [4.78, 5) is 8.73. The third-order valence-electron chi connectivity index (χ3n) is 3.62. The van der Waals surface area contributed by atoms with Crippen LogP contribution in [-0.4, -0.2) is 29.6 Å². The predicted molar refractivity (Wildman–Crippen MR) is 87.0 cm³/mol. The highest BCUT2D eigenvalue weighted by atomic mass is 16.5. The number of aromatic nitrogens is 2. The molecule has 2 aromatic rings. The lowest BCUT2D eigenvalue weighted by Crippen LogP contribution is -2.35. The Morgan fingerprint density at radius 1 is 1.36 bits per heavy atom. The number of fused-ring (bicyclic) bond motifs is 3. The molecule has 0 amide bonds. The van der Waals surface area contributed by atoms with Gasteiger partial charge in [0, 0.05) is 19.3 Å². The second kappa shape index (κ2) is 5.33. The normalized spacial score (nSPS) is 16.1. The van der Waals surface area contributed by atoms with Gasteiger partial charge >= 0.3 is 0 Å². The van der Waals surface area contributed by atoms with Gasteiger partial charge in [-0.25, -0.2) is 4.98 Å². The summed E-state index contributed by atoms with van der Waals surface area (Å²) in [5, 5.41) is 0. The average molecular weight is 297 g/mol. The van der Waals surface area contributed by atoms with Crippen LogP contribution < -0.4 is 4.74 Å². The molecule has 0 unspecified atom stereocenters. The molecular weight excluding hydrogens is 278 g/mol. The van der Waals surface area contributed by atoms with Gasteiger partial charge in [0.15, 0.2) is 5.72 Å². The lowest BCUT2D eigenvalue weighted by atomic mass is 10.1. The molecule has 114 valence electrons. The predicted octanol–water partition coefficient (Wildman–Crippen LogP) is 3.32. The van der Waals surface area contributed by atoms with Crippen LogP contribution in [0.5, 0.6) is 5.75 Å². The monoisotopic (exact) mass is 297 g/mol. The van der Waals surface area contributed by atoms with Gasteiger partial charge in [-0.2, -0.15) is 0 Å². The van der Waals surface area contributed by atoms with Crippen LogP contribution in [0.2, 0.25) is 0 Å². The van der Waals surface area contributed by atoms with Crippen LogP contribution in [0.3, 0.4) is 0 Å². The van der Waals surface area contributed by atoms with Crippen LogP contribution in [0.4, 0.5) is 0 Å². The van der Waals surface area contributed by atoms with E-state index in [-0.39, 0.29) is 0 Å². The van der Waals surface area contributed by atoms with E-state index in [0.717, 1.165) is 22.8 Å². The number of aliphatic imine (C=N–C) groups is 1. The Balaban J connectivity index is 2.06. The molecule has 0 fully saturated rings. The van der Waals surface area contributed by atoms with Crippen LogP contribution in [0.25, 0.3) is 17.5 Å². The van der Waals surface area contributed by atoms with Gasteiger partial charge in [0.05, 0.1) is 18.4 Å². The van der Waals surface area contributed by atoms with Crippen molar-refractivity contribution < 1.29 is 9.47 Å². The van der Waals surface area contributed by atoms with Crippen molar-refractivity contribution in [1.82, 2.24) is 9.55 Å². The van der Waals surface area contributed by atoms with Gasteiger partial charge < -0.3 is 9.47 Å². The first-order valence-corrected chi connectivity index (χ1v) is 7.12. The van der Waals surface area contributed by atoms with Gasteiger partial charge in [0.2, 0.25) is 5.90 Å². The van der Waals surface area contributed by atoms with E-state index in [4.69, 9.17) is 14.5 Å². The first kappa shape index (κ1) is 14.4. The van der Waals surface area contributed by atoms with Crippen molar-refractivity contribution in [3.8, 4) is 17.1 Å². The largest absolute Gasteiger partial charge is 0.481 e. The van der Waals surface area contributed by atoms with E-state index in [0.29, 0.717) is 5.90 Å². The summed E-state index contributed by atoms with van der Waals surface area (Å²) in [5.41, 5.74) is 1.35. The minimum absolute atomic E-state index is 0.480. The number of hydrogen-bond donors (Lipinski definition) is 0. The Morgan fingerprint density at radius 3 is 2.86 bits per heavy atom. The summed E-state index contributed by atoms with van der Waals surface area (Å²) in [6, 6.07) is 7.95. The minimum Gasteiger partial charge on any atom is -0.481 e. The number of imidazole rings is 1. The van der Waals surface area contributed by atoms with Gasteiger partial charge in [-0.05, 0) is 32.1 Å². The fraction of sp³-hybridized carbons (Fsp3) is 0.294. The number of para-hydroxylation sites is 1. The maximum atomic E-state index is 6.08. The molecule has 0 spiro atoms. The number of ether oxygens (including phenoxy) is 2. The number of rotatable bonds is 2. The van der Waals surface area contributed by atoms with Crippen LogP contribution in [0.1, 0.15) is 19.5 Å². The molecule has 0 radical (unpaired) electrons. The molecular formula is C17H19N3O2. The molecule has 2 heterocycles. The van der Waals surface area contributed by atoms with Crippen molar-refractivity contribution in [1.29, 1.82) is 0 Å². The van der Waals surface area contributed by atoms with E-state index in [1.165, 1.54) is 0 Å². The van der Waals surface area contributed by atoms with E-state index in [9.17, 15) is 0 Å². The van der Waals surface area contributed by atoms with Gasteiger partial charge in [-0.1, -0.05) is 12.1 Å². The Hall–Kier alpha value is -2.56. The summed E-state index contributed by atoms with van der Waals surface area (Å²) in [5.74, 6) is 2.31. The van der Waals surface area contributed by atoms with Crippen LogP contribution >= 0.6 is 0 Å². The van der Waals surface area contributed by atoms with Crippen molar-refractivity contribution >= 4 is 12.0 Å². The smallest absolute Gasteiger partial charge is 0.208 e. The highest BCUT2D eigenvalue weighted by molar-refractivity contribution is 5.91. The van der Waals surface area contributed by atoms with E-state index >= 15 is 0 Å². The second-order valence-corrected chi connectivity index (χ2v) is 5.50. The zero-order valence-corrected chi connectivity index (χ0v) is 13.2. The molecule has 0 saturated heterocycles. The van der Waals surface area contributed by atoms with Gasteiger partial charge in [-0.3, -0.25) is 9.56 Å². The maximum Gasteiger partial charge on any atom is 0.208 e. The van der Waals surface area contributed by atoms with Gasteiger partial charge in [0.1, 0.15) is 11.6 Å². The summed E-state index contributed by atoms with van der Waals surface area (Å²) < 4.78 is 13.2. The molecule has 5 heteroatoms. The molecule has 0 aliphatic carbocycles. The lowest BCUT2D eigenvalue weighted by Gasteiger charge is -2.34. The fourth-order valence-corrected chi connectivity index (χ4v) is 2.53. The molecule has 1 aliphatic heterocycles. The van der Waals surface area contributed by atoms with Crippen LogP contribution in [0, 0.1) is 0 Å². The summed E-state index contributed by atoms with van der Waals surface area (Å²) in [7, 11) is 3.28. The number of methoxy groups -OCH3 is 1. The first-order chi connectivity index (χ1) is 10.5. The third kappa shape index (κ3) is 2.39. The topological polar surface area (TPSA) is 48.6 Å². The van der Waals surface area contributed by atoms with Crippen molar-refractivity contribution in [3.63, 3.8) is 0 Å². The quantitative estimate of drug-likeness (QED) is 0.631. The fourth-order valence-electron chi connectivity index (χ4n) is 2.53. The van der Waals surface area contributed by atoms with Crippen molar-refractivity contribution in [2.75, 3.05) is 14.2 Å². The molecule has 3 rings (SSSR count). The molecule has 0 atom stereocenters. The van der Waals surface area contributed by atoms with Crippen molar-refractivity contribution in [2.24, 2.45) is 4.99 Å². The zero-order valence-electron chi connectivity index (χ0n) is 13.2. The van der Waals surface area contributed by atoms with Gasteiger partial charge in [-0.15, -0.1) is 0 Å². The second-order valence-electron chi connectivity index (χ2n) is 5.50. The first-order valence-electron chi connectivity index (χ1n) is 7.12. The third-order valence-corrected chi connectivity index (χ3v) is 3.62. The van der Waals surface area contributed by atoms with E-state index in [2.05, 4.69) is 4.99 Å². The molecule has 0 bridgehead atoms. The molecule has 5 nitrogen and oxygen atoms in total. The molecule has 22 heavy (non-hydrogen) atoms. The number of hydrogen-bond acceptors (Lipinski definition) is 4. The number of nitrogens with zero attached hydrogens (tertiary/aromatic N) is 3. The Morgan fingerprint density at radius 2 is 2.14 bits per heavy atom. The lowest BCUT2D eigenvalue weighted by molar-refractivity contribution is 0.0264. The summed E-state index contributed by atoms with van der Waals surface area (Å²) in [6.45, 7) is 4.05. The van der Waals surface area contributed by atoms with E-state index in [1.54, 1.807) is 20.2 Å².